The third kappa shape index (κ3) is 1.20. The zero-order valence-corrected chi connectivity index (χ0v) is 8.37. The van der Waals surface area contributed by atoms with Crippen LogP contribution in [-0.2, 0) is 0 Å². The third-order valence-electron chi connectivity index (χ3n) is 1.71. The van der Waals surface area contributed by atoms with Crippen LogP contribution in [0.2, 0.25) is 0 Å². The van der Waals surface area contributed by atoms with Crippen molar-refractivity contribution in [3.05, 3.63) is 15.4 Å². The molecule has 0 bridgehead atoms. The van der Waals surface area contributed by atoms with E-state index in [0.29, 0.717) is 22.4 Å². The Morgan fingerprint density at radius 3 is 2.62 bits per heavy atom. The molecule has 2 rings (SSSR count). The zero-order chi connectivity index (χ0) is 9.42. The van der Waals surface area contributed by atoms with Gasteiger partial charge < -0.3 is 0 Å². The van der Waals surface area contributed by atoms with Gasteiger partial charge in [-0.15, -0.1) is 11.3 Å². The molecule has 0 spiro atoms. The molecule has 0 unspecified atom stereocenters. The highest BCUT2D eigenvalue weighted by Gasteiger charge is 2.12. The summed E-state index contributed by atoms with van der Waals surface area (Å²) >= 11 is 2.83. The minimum absolute atomic E-state index is 0.435. The van der Waals surface area contributed by atoms with E-state index in [9.17, 15) is 9.59 Å². The molecule has 66 valence electrons. The van der Waals surface area contributed by atoms with Crippen LogP contribution in [0.4, 0.5) is 0 Å². The summed E-state index contributed by atoms with van der Waals surface area (Å²) in [7, 11) is 0. The first-order valence-corrected chi connectivity index (χ1v) is 5.20. The fourth-order valence-corrected chi connectivity index (χ4v) is 3.32. The number of thiazole rings is 1. The number of hydrogen-bond donors (Lipinski definition) is 0. The summed E-state index contributed by atoms with van der Waals surface area (Å²) in [6, 6.07) is 0. The van der Waals surface area contributed by atoms with Crippen molar-refractivity contribution in [2.75, 3.05) is 0 Å². The van der Waals surface area contributed by atoms with Crippen molar-refractivity contribution >= 4 is 44.8 Å². The van der Waals surface area contributed by atoms with E-state index in [0.717, 1.165) is 15.2 Å². The number of hydrogen-bond acceptors (Lipinski definition) is 5. The monoisotopic (exact) mass is 211 g/mol. The molecule has 13 heavy (non-hydrogen) atoms. The minimum Gasteiger partial charge on any atom is -0.298 e. The summed E-state index contributed by atoms with van der Waals surface area (Å²) in [5.41, 5.74) is 1.29. The van der Waals surface area contributed by atoms with Gasteiger partial charge in [-0.25, -0.2) is 4.98 Å². The summed E-state index contributed by atoms with van der Waals surface area (Å²) in [5.74, 6) is 0. The van der Waals surface area contributed by atoms with Gasteiger partial charge in [-0.05, 0) is 6.92 Å². The molecular weight excluding hydrogens is 206 g/mol. The molecule has 2 aromatic rings. The first-order valence-electron chi connectivity index (χ1n) is 3.56. The Bertz CT molecular complexity index is 484. The summed E-state index contributed by atoms with van der Waals surface area (Å²) in [6.45, 7) is 1.88. The molecule has 0 amide bonds. The third-order valence-corrected chi connectivity index (χ3v) is 3.89. The number of carbonyl (C=O) groups excluding carboxylic acids is 2. The Kier molecular flexibility index (Phi) is 1.97. The zero-order valence-electron chi connectivity index (χ0n) is 6.73. The van der Waals surface area contributed by atoms with Crippen LogP contribution < -0.4 is 0 Å². The van der Waals surface area contributed by atoms with E-state index in [2.05, 4.69) is 4.98 Å². The van der Waals surface area contributed by atoms with Crippen LogP contribution in [0.25, 0.3) is 9.53 Å². The maximum atomic E-state index is 10.7. The number of aldehydes is 2. The number of carbonyl (C=O) groups is 2. The predicted octanol–water partition coefficient (Wildman–Crippen LogP) is 2.29. The van der Waals surface area contributed by atoms with Gasteiger partial charge in [-0.1, -0.05) is 11.3 Å². The van der Waals surface area contributed by atoms with Gasteiger partial charge in [-0.2, -0.15) is 0 Å². The summed E-state index contributed by atoms with van der Waals surface area (Å²) < 4.78 is 0.946. The van der Waals surface area contributed by atoms with Crippen LogP contribution in [-0.4, -0.2) is 17.6 Å². The van der Waals surface area contributed by atoms with E-state index in [-0.39, 0.29) is 0 Å². The lowest BCUT2D eigenvalue weighted by Crippen LogP contribution is -1.81. The normalized spacial score (nSPS) is 10.5. The molecular formula is C8H5NO2S2. The van der Waals surface area contributed by atoms with Crippen LogP contribution in [0.15, 0.2) is 0 Å². The Labute approximate surface area is 82.0 Å². The van der Waals surface area contributed by atoms with Crippen LogP contribution in [0, 0.1) is 6.92 Å². The first kappa shape index (κ1) is 8.52. The molecule has 0 aliphatic heterocycles. The maximum absolute atomic E-state index is 10.7. The molecule has 0 aliphatic carbocycles. The highest BCUT2D eigenvalue weighted by molar-refractivity contribution is 7.38. The molecule has 2 aromatic heterocycles. The Morgan fingerprint density at radius 2 is 2.00 bits per heavy atom. The molecule has 0 aliphatic rings. The highest BCUT2D eigenvalue weighted by atomic mass is 32.2. The fourth-order valence-electron chi connectivity index (χ4n) is 1.11. The topological polar surface area (TPSA) is 47.0 Å². The van der Waals surface area contributed by atoms with Gasteiger partial charge in [-0.3, -0.25) is 9.59 Å². The van der Waals surface area contributed by atoms with E-state index < -0.39 is 0 Å². The van der Waals surface area contributed by atoms with Crippen molar-refractivity contribution in [1.29, 1.82) is 0 Å². The van der Waals surface area contributed by atoms with Crippen LogP contribution in [0.5, 0.6) is 0 Å². The average Bonchev–Trinajstić information content (AvgIpc) is 2.60. The van der Waals surface area contributed by atoms with Gasteiger partial charge in [0.2, 0.25) is 0 Å². The molecule has 0 aromatic carbocycles. The van der Waals surface area contributed by atoms with Crippen molar-refractivity contribution < 1.29 is 9.59 Å². The fraction of sp³-hybridized carbons (Fsp3) is 0.125. The van der Waals surface area contributed by atoms with E-state index in [1.54, 1.807) is 0 Å². The quantitative estimate of drug-likeness (QED) is 0.716. The molecule has 0 N–H and O–H groups in total. The molecule has 0 radical (unpaired) electrons. The Balaban J connectivity index is 2.80. The summed E-state index contributed by atoms with van der Waals surface area (Å²) in [6.07, 6.45) is 1.50. The predicted molar refractivity (Wildman–Crippen MR) is 53.0 cm³/mol. The average molecular weight is 211 g/mol. The van der Waals surface area contributed by atoms with E-state index in [4.69, 9.17) is 0 Å². The lowest BCUT2D eigenvalue weighted by atomic mass is 10.3. The second-order valence-electron chi connectivity index (χ2n) is 2.50. The minimum atomic E-state index is 0.435. The van der Waals surface area contributed by atoms with Crippen molar-refractivity contribution in [3.63, 3.8) is 0 Å². The lowest BCUT2D eigenvalue weighted by Gasteiger charge is -1.83. The molecule has 0 atom stereocenters. The van der Waals surface area contributed by atoms with Crippen molar-refractivity contribution in [1.82, 2.24) is 4.98 Å². The van der Waals surface area contributed by atoms with Gasteiger partial charge in [0.05, 0.1) is 5.56 Å². The molecule has 0 fully saturated rings. The van der Waals surface area contributed by atoms with Gasteiger partial charge in [0.1, 0.15) is 9.53 Å². The second-order valence-corrected chi connectivity index (χ2v) is 5.01. The SMILES string of the molecule is Cc1sc2sc(C=O)nc2c1C=O. The van der Waals surface area contributed by atoms with Gasteiger partial charge >= 0.3 is 0 Å². The van der Waals surface area contributed by atoms with E-state index in [1.807, 2.05) is 6.92 Å². The van der Waals surface area contributed by atoms with Gasteiger partial charge in [0.15, 0.2) is 17.6 Å². The van der Waals surface area contributed by atoms with Gasteiger partial charge in [0, 0.05) is 4.88 Å². The van der Waals surface area contributed by atoms with E-state index in [1.165, 1.54) is 22.7 Å². The van der Waals surface area contributed by atoms with Crippen molar-refractivity contribution in [2.45, 2.75) is 6.92 Å². The second kappa shape index (κ2) is 3.01. The number of rotatable bonds is 2. The number of nitrogens with zero attached hydrogens (tertiary/aromatic N) is 1. The summed E-state index contributed by atoms with van der Waals surface area (Å²) in [5, 5.41) is 0.435. The molecule has 0 saturated heterocycles. The first-order chi connectivity index (χ1) is 6.26. The number of aryl methyl sites for hydroxylation is 1. The molecule has 5 heteroatoms. The standard InChI is InChI=1S/C8H5NO2S2/c1-4-5(2-10)7-8(12-4)13-6(3-11)9-7/h2-3H,1H3. The lowest BCUT2D eigenvalue weighted by molar-refractivity contribution is 0.111. The highest BCUT2D eigenvalue weighted by Crippen LogP contribution is 2.33. The molecule has 2 heterocycles. The largest absolute Gasteiger partial charge is 0.298 e. The van der Waals surface area contributed by atoms with Crippen molar-refractivity contribution in [3.8, 4) is 0 Å². The van der Waals surface area contributed by atoms with Crippen LogP contribution >= 0.6 is 22.7 Å². The van der Waals surface area contributed by atoms with E-state index >= 15 is 0 Å². The molecule has 0 saturated carbocycles. The number of fused-ring (bicyclic) bond motifs is 1. The maximum Gasteiger partial charge on any atom is 0.178 e. The Morgan fingerprint density at radius 1 is 1.23 bits per heavy atom. The number of thiophene rings is 1. The molecule has 3 nitrogen and oxygen atoms in total. The van der Waals surface area contributed by atoms with Crippen LogP contribution in [0.1, 0.15) is 25.0 Å². The Hall–Kier alpha value is -1.07. The smallest absolute Gasteiger partial charge is 0.178 e. The van der Waals surface area contributed by atoms with Gasteiger partial charge in [0.25, 0.3) is 0 Å². The summed E-state index contributed by atoms with van der Waals surface area (Å²) in [4.78, 5) is 26.1. The number of aromatic nitrogens is 1. The van der Waals surface area contributed by atoms with Crippen molar-refractivity contribution in [2.24, 2.45) is 0 Å². The van der Waals surface area contributed by atoms with Crippen LogP contribution in [0.3, 0.4) is 0 Å².